The van der Waals surface area contributed by atoms with Crippen LogP contribution in [0.5, 0.6) is 11.5 Å². The standard InChI is InChI=1S/C37H30N4O11S2/c1-19-3-7-27(17-29(19)35(44)38-25-9-5-21-15-33(53(47,48)49)31(42)13-23(21)11-25)40-37(46)41-28-8-4-20(2)30(18-28)36(45)39-26-10-6-22-16-34(54(50,51)52)32(43)14-24(22)12-26/h3-18,42-43H,1-2H3,(H,38,44)(H,39,45)(H2,40,41,46)(H,47,48,49)(H,50,51,52). The van der Waals surface area contributed by atoms with E-state index in [1.807, 2.05) is 0 Å². The van der Waals surface area contributed by atoms with Gasteiger partial charge >= 0.3 is 6.03 Å². The van der Waals surface area contributed by atoms with Crippen molar-refractivity contribution in [2.24, 2.45) is 0 Å². The predicted octanol–water partition coefficient (Wildman–Crippen LogP) is 6.66. The summed E-state index contributed by atoms with van der Waals surface area (Å²) >= 11 is 0. The Kier molecular flexibility index (Phi) is 9.74. The van der Waals surface area contributed by atoms with Gasteiger partial charge in [0.15, 0.2) is 0 Å². The number of amides is 4. The fraction of sp³-hybridized carbons (Fsp3) is 0.0541. The van der Waals surface area contributed by atoms with Crippen LogP contribution in [0.15, 0.2) is 107 Å². The number of benzene rings is 6. The van der Waals surface area contributed by atoms with Crippen LogP contribution in [0.2, 0.25) is 0 Å². The summed E-state index contributed by atoms with van der Waals surface area (Å²) < 4.78 is 64.8. The highest BCUT2D eigenvalue weighted by Gasteiger charge is 2.19. The zero-order chi connectivity index (χ0) is 39.1. The van der Waals surface area contributed by atoms with Gasteiger partial charge in [0.25, 0.3) is 32.1 Å². The van der Waals surface area contributed by atoms with E-state index in [9.17, 15) is 50.5 Å². The lowest BCUT2D eigenvalue weighted by Crippen LogP contribution is -2.21. The van der Waals surface area contributed by atoms with Gasteiger partial charge in [0.1, 0.15) is 21.3 Å². The maximum atomic E-state index is 13.3. The summed E-state index contributed by atoms with van der Waals surface area (Å²) in [5, 5.41) is 32.5. The van der Waals surface area contributed by atoms with Crippen molar-refractivity contribution in [2.75, 3.05) is 21.3 Å². The van der Waals surface area contributed by atoms with Gasteiger partial charge in [-0.3, -0.25) is 18.7 Å². The van der Waals surface area contributed by atoms with Gasteiger partial charge in [-0.25, -0.2) is 4.79 Å². The van der Waals surface area contributed by atoms with E-state index in [1.54, 1.807) is 38.1 Å². The van der Waals surface area contributed by atoms with E-state index in [4.69, 9.17) is 0 Å². The van der Waals surface area contributed by atoms with Crippen molar-refractivity contribution in [1.29, 1.82) is 0 Å². The lowest BCUT2D eigenvalue weighted by molar-refractivity contribution is 0.101. The minimum Gasteiger partial charge on any atom is -0.506 e. The van der Waals surface area contributed by atoms with Crippen LogP contribution in [0.3, 0.4) is 0 Å². The van der Waals surface area contributed by atoms with Crippen molar-refractivity contribution < 1.29 is 50.5 Å². The highest BCUT2D eigenvalue weighted by Crippen LogP contribution is 2.32. The molecule has 0 spiro atoms. The summed E-state index contributed by atoms with van der Waals surface area (Å²) in [6.07, 6.45) is 0. The van der Waals surface area contributed by atoms with Crippen molar-refractivity contribution >= 4 is 82.4 Å². The largest absolute Gasteiger partial charge is 0.506 e. The summed E-state index contributed by atoms with van der Waals surface area (Å²) in [6, 6.07) is 22.3. The smallest absolute Gasteiger partial charge is 0.323 e. The minimum atomic E-state index is -4.65. The molecular weight excluding hydrogens is 741 g/mol. The van der Waals surface area contributed by atoms with Crippen LogP contribution in [0.4, 0.5) is 27.5 Å². The first-order valence-corrected chi connectivity index (χ1v) is 18.6. The summed E-state index contributed by atoms with van der Waals surface area (Å²) in [6.45, 7) is 3.41. The summed E-state index contributed by atoms with van der Waals surface area (Å²) in [4.78, 5) is 38.2. The van der Waals surface area contributed by atoms with Crippen molar-refractivity contribution in [3.05, 3.63) is 119 Å². The molecule has 0 aliphatic carbocycles. The minimum absolute atomic E-state index is 0.231. The normalized spacial score (nSPS) is 11.6. The Morgan fingerprint density at radius 3 is 1.19 bits per heavy atom. The first-order valence-electron chi connectivity index (χ1n) is 15.8. The number of phenols is 2. The van der Waals surface area contributed by atoms with Gasteiger partial charge in [0.2, 0.25) is 0 Å². The summed E-state index contributed by atoms with van der Waals surface area (Å²) in [5.74, 6) is -2.35. The third-order valence-corrected chi connectivity index (χ3v) is 10.2. The van der Waals surface area contributed by atoms with E-state index in [-0.39, 0.29) is 22.5 Å². The number of carbonyl (C=O) groups is 3. The number of aryl methyl sites for hydroxylation is 2. The monoisotopic (exact) mass is 770 g/mol. The van der Waals surface area contributed by atoms with Crippen molar-refractivity contribution in [1.82, 2.24) is 0 Å². The zero-order valence-electron chi connectivity index (χ0n) is 28.2. The molecular formula is C37H30N4O11S2. The molecule has 0 fully saturated rings. The van der Waals surface area contributed by atoms with Gasteiger partial charge in [-0.2, -0.15) is 16.8 Å². The Bertz CT molecular complexity index is 2600. The van der Waals surface area contributed by atoms with Crippen LogP contribution < -0.4 is 21.3 Å². The highest BCUT2D eigenvalue weighted by molar-refractivity contribution is 7.86. The van der Waals surface area contributed by atoms with Gasteiger partial charge in [0.05, 0.1) is 0 Å². The number of anilines is 4. The number of rotatable bonds is 8. The first kappa shape index (κ1) is 37.2. The second-order valence-electron chi connectivity index (χ2n) is 12.3. The van der Waals surface area contributed by atoms with E-state index in [1.165, 1.54) is 48.5 Å². The molecule has 0 aromatic heterocycles. The Morgan fingerprint density at radius 1 is 0.463 bits per heavy atom. The topological polar surface area (TPSA) is 249 Å². The third kappa shape index (κ3) is 8.08. The maximum Gasteiger partial charge on any atom is 0.323 e. The van der Waals surface area contributed by atoms with Crippen molar-refractivity contribution in [3.63, 3.8) is 0 Å². The molecule has 0 atom stereocenters. The fourth-order valence-corrected chi connectivity index (χ4v) is 6.88. The van der Waals surface area contributed by atoms with E-state index in [0.717, 1.165) is 24.3 Å². The number of fused-ring (bicyclic) bond motifs is 2. The molecule has 8 N–H and O–H groups in total. The number of urea groups is 1. The molecule has 17 heteroatoms. The lowest BCUT2D eigenvalue weighted by Gasteiger charge is -2.14. The number of nitrogens with one attached hydrogen (secondary N) is 4. The zero-order valence-corrected chi connectivity index (χ0v) is 29.8. The number of carbonyl (C=O) groups excluding carboxylic acids is 3. The van der Waals surface area contributed by atoms with E-state index in [0.29, 0.717) is 44.0 Å². The SMILES string of the molecule is Cc1ccc(NC(=O)Nc2ccc(C)c(C(=O)Nc3ccc4cc(S(=O)(=O)O)c(O)cc4c3)c2)cc1C(=O)Nc1ccc2cc(S(=O)(=O)O)c(O)cc2c1. The molecule has 6 rings (SSSR count). The second kappa shape index (κ2) is 14.1. The average molecular weight is 771 g/mol. The third-order valence-electron chi connectivity index (χ3n) is 8.39. The molecule has 0 aliphatic rings. The summed E-state index contributed by atoms with van der Waals surface area (Å²) in [7, 11) is -9.30. The average Bonchev–Trinajstić information content (AvgIpc) is 3.08. The van der Waals surface area contributed by atoms with E-state index >= 15 is 0 Å². The second-order valence-corrected chi connectivity index (χ2v) is 15.0. The van der Waals surface area contributed by atoms with Crippen LogP contribution in [-0.4, -0.2) is 54.0 Å². The van der Waals surface area contributed by atoms with Crippen LogP contribution in [-0.2, 0) is 20.2 Å². The van der Waals surface area contributed by atoms with Crippen LogP contribution in [0.1, 0.15) is 31.8 Å². The Labute approximate surface area is 307 Å². The molecule has 6 aromatic rings. The van der Waals surface area contributed by atoms with Crippen molar-refractivity contribution in [3.8, 4) is 11.5 Å². The number of aromatic hydroxyl groups is 2. The van der Waals surface area contributed by atoms with E-state index < -0.39 is 59.4 Å². The van der Waals surface area contributed by atoms with Crippen LogP contribution in [0, 0.1) is 13.8 Å². The number of phenolic OH excluding ortho intramolecular Hbond substituents is 2. The number of hydrogen-bond acceptors (Lipinski definition) is 9. The Hall–Kier alpha value is -6.53. The first-order chi connectivity index (χ1) is 25.3. The highest BCUT2D eigenvalue weighted by atomic mass is 32.2. The molecule has 0 saturated heterocycles. The quantitative estimate of drug-likeness (QED) is 0.0760. The van der Waals surface area contributed by atoms with Gasteiger partial charge in [-0.05, 0) is 119 Å². The summed E-state index contributed by atoms with van der Waals surface area (Å²) in [5.41, 5.74) is 2.86. The molecule has 0 unspecified atom stereocenters. The Morgan fingerprint density at radius 2 is 0.815 bits per heavy atom. The van der Waals surface area contributed by atoms with Gasteiger partial charge in [0, 0.05) is 33.9 Å². The molecule has 0 radical (unpaired) electrons. The van der Waals surface area contributed by atoms with Gasteiger partial charge in [-0.1, -0.05) is 24.3 Å². The molecule has 276 valence electrons. The molecule has 15 nitrogen and oxygen atoms in total. The van der Waals surface area contributed by atoms with E-state index in [2.05, 4.69) is 21.3 Å². The molecule has 0 aliphatic heterocycles. The Balaban J connectivity index is 1.13. The molecule has 0 saturated carbocycles. The van der Waals surface area contributed by atoms with Gasteiger partial charge < -0.3 is 31.5 Å². The molecule has 0 heterocycles. The van der Waals surface area contributed by atoms with Crippen molar-refractivity contribution in [2.45, 2.75) is 23.6 Å². The number of hydrogen-bond donors (Lipinski definition) is 8. The van der Waals surface area contributed by atoms with Crippen LogP contribution in [0.25, 0.3) is 21.5 Å². The lowest BCUT2D eigenvalue weighted by atomic mass is 10.1. The maximum absolute atomic E-state index is 13.3. The molecule has 0 bridgehead atoms. The van der Waals surface area contributed by atoms with Gasteiger partial charge in [-0.15, -0.1) is 0 Å². The fourth-order valence-electron chi connectivity index (χ4n) is 5.68. The molecule has 54 heavy (non-hydrogen) atoms. The molecule has 4 amide bonds. The molecule has 6 aromatic carbocycles. The van der Waals surface area contributed by atoms with Crippen LogP contribution >= 0.6 is 0 Å². The predicted molar refractivity (Wildman–Crippen MR) is 202 cm³/mol.